The van der Waals surface area contributed by atoms with E-state index >= 15 is 0 Å². The van der Waals surface area contributed by atoms with Crippen molar-refractivity contribution >= 4 is 35.2 Å². The van der Waals surface area contributed by atoms with Crippen molar-refractivity contribution in [3.63, 3.8) is 0 Å². The Bertz CT molecular complexity index is 831. The maximum absolute atomic E-state index is 12.2. The lowest BCUT2D eigenvalue weighted by atomic mass is 10.2. The van der Waals surface area contributed by atoms with Crippen LogP contribution in [0.25, 0.3) is 0 Å². The van der Waals surface area contributed by atoms with Gasteiger partial charge in [0.15, 0.2) is 6.61 Å². The molecule has 0 saturated heterocycles. The minimum absolute atomic E-state index is 0.0191. The lowest BCUT2D eigenvalue weighted by molar-refractivity contribution is -0.123. The molecule has 0 radical (unpaired) electrons. The molecule has 0 aromatic heterocycles. The third-order valence-corrected chi connectivity index (χ3v) is 3.92. The molecule has 0 fully saturated rings. The van der Waals surface area contributed by atoms with E-state index in [-0.39, 0.29) is 38.7 Å². The average Bonchev–Trinajstić information content (AvgIpc) is 2.57. The number of carbonyl (C=O) groups is 2. The van der Waals surface area contributed by atoms with E-state index < -0.39 is 23.9 Å². The van der Waals surface area contributed by atoms with Crippen molar-refractivity contribution < 1.29 is 32.6 Å². The largest absolute Gasteiger partial charge is 0.507 e. The number of phenolic OH excluding ortho intramolecular Hbond substituents is 1. The molecule has 2 rings (SSSR count). The second-order valence-corrected chi connectivity index (χ2v) is 6.55. The summed E-state index contributed by atoms with van der Waals surface area (Å²) >= 11 is 5.39. The van der Waals surface area contributed by atoms with E-state index in [1.165, 1.54) is 42.5 Å². The highest BCUT2D eigenvalue weighted by Crippen LogP contribution is 2.37. The smallest absolute Gasteiger partial charge is 0.446 e. The first kappa shape index (κ1) is 20.7. The first-order valence-corrected chi connectivity index (χ1v) is 8.40. The fourth-order valence-electron chi connectivity index (χ4n) is 1.81. The summed E-state index contributed by atoms with van der Waals surface area (Å²) in [6, 6.07) is 8.81. The number of hydrogen-bond donors (Lipinski definition) is 3. The van der Waals surface area contributed by atoms with Crippen LogP contribution >= 0.6 is 23.4 Å². The molecule has 0 aliphatic heterocycles. The number of rotatable bonds is 5. The Balaban J connectivity index is 1.80. The quantitative estimate of drug-likeness (QED) is 0.509. The fraction of sp³-hybridized carbons (Fsp3) is 0.125. The molecular formula is C16H12ClF3N2O4S. The zero-order valence-corrected chi connectivity index (χ0v) is 14.9. The van der Waals surface area contributed by atoms with Gasteiger partial charge in [-0.2, -0.15) is 13.2 Å². The van der Waals surface area contributed by atoms with Gasteiger partial charge in [-0.25, -0.2) is 0 Å². The summed E-state index contributed by atoms with van der Waals surface area (Å²) in [4.78, 5) is 23.5. The molecule has 3 N–H and O–H groups in total. The maximum atomic E-state index is 12.2. The SMILES string of the molecule is O=C(COc1ccc(SC(F)(F)F)cc1)NNC(=O)c1ccc(Cl)cc1O. The van der Waals surface area contributed by atoms with Crippen molar-refractivity contribution in [1.82, 2.24) is 10.9 Å². The molecule has 144 valence electrons. The van der Waals surface area contributed by atoms with Crippen molar-refractivity contribution in [3.05, 3.63) is 53.1 Å². The van der Waals surface area contributed by atoms with Crippen LogP contribution in [0.5, 0.6) is 11.5 Å². The number of thioether (sulfide) groups is 1. The van der Waals surface area contributed by atoms with Gasteiger partial charge in [0.05, 0.1) is 5.56 Å². The number of hydrazine groups is 1. The highest BCUT2D eigenvalue weighted by molar-refractivity contribution is 8.00. The average molecular weight is 421 g/mol. The van der Waals surface area contributed by atoms with E-state index in [9.17, 15) is 27.9 Å². The molecule has 2 aromatic rings. The van der Waals surface area contributed by atoms with Gasteiger partial charge >= 0.3 is 5.51 Å². The summed E-state index contributed by atoms with van der Waals surface area (Å²) in [7, 11) is 0. The summed E-state index contributed by atoms with van der Waals surface area (Å²) in [6.07, 6.45) is 0. The van der Waals surface area contributed by atoms with Crippen LogP contribution in [0.3, 0.4) is 0 Å². The highest BCUT2D eigenvalue weighted by atomic mass is 35.5. The third-order valence-electron chi connectivity index (χ3n) is 2.95. The number of aromatic hydroxyl groups is 1. The Morgan fingerprint density at radius 1 is 1.11 bits per heavy atom. The van der Waals surface area contributed by atoms with Gasteiger partial charge in [-0.15, -0.1) is 0 Å². The van der Waals surface area contributed by atoms with Crippen LogP contribution in [0.15, 0.2) is 47.4 Å². The predicted molar refractivity (Wildman–Crippen MR) is 92.6 cm³/mol. The monoisotopic (exact) mass is 420 g/mol. The number of phenols is 1. The summed E-state index contributed by atoms with van der Waals surface area (Å²) in [5.74, 6) is -1.67. The van der Waals surface area contributed by atoms with Gasteiger partial charge in [0.1, 0.15) is 11.5 Å². The Kier molecular flexibility index (Phi) is 6.81. The van der Waals surface area contributed by atoms with Crippen LogP contribution in [-0.4, -0.2) is 29.0 Å². The van der Waals surface area contributed by atoms with Crippen molar-refractivity contribution in [1.29, 1.82) is 0 Å². The number of carbonyl (C=O) groups excluding carboxylic acids is 2. The molecule has 0 aliphatic rings. The summed E-state index contributed by atoms with van der Waals surface area (Å²) in [5.41, 5.74) is -0.333. The van der Waals surface area contributed by atoms with Crippen molar-refractivity contribution in [2.45, 2.75) is 10.4 Å². The number of halogens is 4. The molecule has 2 amide bonds. The van der Waals surface area contributed by atoms with E-state index in [1.807, 2.05) is 0 Å². The Hall–Kier alpha value is -2.59. The van der Waals surface area contributed by atoms with Crippen molar-refractivity contribution in [2.24, 2.45) is 0 Å². The highest BCUT2D eigenvalue weighted by Gasteiger charge is 2.29. The topological polar surface area (TPSA) is 87.7 Å². The van der Waals surface area contributed by atoms with Crippen LogP contribution in [0.2, 0.25) is 5.02 Å². The van der Waals surface area contributed by atoms with Gasteiger partial charge in [-0.3, -0.25) is 20.4 Å². The Morgan fingerprint density at radius 3 is 2.37 bits per heavy atom. The first-order valence-electron chi connectivity index (χ1n) is 7.20. The predicted octanol–water partition coefficient (Wildman–Crippen LogP) is 3.50. The maximum Gasteiger partial charge on any atom is 0.446 e. The minimum atomic E-state index is -4.39. The van der Waals surface area contributed by atoms with Gasteiger partial charge in [0, 0.05) is 9.92 Å². The van der Waals surface area contributed by atoms with Gasteiger partial charge < -0.3 is 9.84 Å². The minimum Gasteiger partial charge on any atom is -0.507 e. The molecule has 0 heterocycles. The van der Waals surface area contributed by atoms with E-state index in [2.05, 4.69) is 10.9 Å². The van der Waals surface area contributed by atoms with Gasteiger partial charge in [0.2, 0.25) is 0 Å². The molecule has 0 saturated carbocycles. The fourth-order valence-corrected chi connectivity index (χ4v) is 2.52. The van der Waals surface area contributed by atoms with Gasteiger partial charge in [0.25, 0.3) is 11.8 Å². The molecule has 0 bridgehead atoms. The normalized spacial score (nSPS) is 11.0. The lowest BCUT2D eigenvalue weighted by Gasteiger charge is -2.10. The lowest BCUT2D eigenvalue weighted by Crippen LogP contribution is -2.43. The van der Waals surface area contributed by atoms with Crippen molar-refractivity contribution in [3.8, 4) is 11.5 Å². The molecule has 0 unspecified atom stereocenters. The number of alkyl halides is 3. The summed E-state index contributed by atoms with van der Waals surface area (Å²) < 4.78 is 41.8. The van der Waals surface area contributed by atoms with E-state index in [4.69, 9.17) is 16.3 Å². The van der Waals surface area contributed by atoms with E-state index in [0.29, 0.717) is 0 Å². The number of hydrogen-bond acceptors (Lipinski definition) is 5. The first-order chi connectivity index (χ1) is 12.6. The number of nitrogens with one attached hydrogen (secondary N) is 2. The zero-order chi connectivity index (χ0) is 20.0. The number of ether oxygens (including phenoxy) is 1. The molecular weight excluding hydrogens is 409 g/mol. The second-order valence-electron chi connectivity index (χ2n) is 4.97. The molecule has 27 heavy (non-hydrogen) atoms. The van der Waals surface area contributed by atoms with Gasteiger partial charge in [-0.1, -0.05) is 11.6 Å². The van der Waals surface area contributed by atoms with Gasteiger partial charge in [-0.05, 0) is 54.2 Å². The second kappa shape index (κ2) is 8.87. The molecule has 0 aliphatic carbocycles. The standard InChI is InChI=1S/C16H12ClF3N2O4S/c17-9-1-6-12(13(23)7-9)15(25)22-21-14(24)8-26-10-2-4-11(5-3-10)27-16(18,19)20/h1-7,23H,8H2,(H,21,24)(H,22,25). The third kappa shape index (κ3) is 6.91. The number of amides is 2. The van der Waals surface area contributed by atoms with Crippen LogP contribution < -0.4 is 15.6 Å². The molecule has 2 aromatic carbocycles. The molecule has 11 heteroatoms. The van der Waals surface area contributed by atoms with Crippen molar-refractivity contribution in [2.75, 3.05) is 6.61 Å². The van der Waals surface area contributed by atoms with Crippen LogP contribution in [-0.2, 0) is 4.79 Å². The summed E-state index contributed by atoms with van der Waals surface area (Å²) in [5, 5.41) is 9.85. The van der Waals surface area contributed by atoms with Crippen LogP contribution in [0.1, 0.15) is 10.4 Å². The van der Waals surface area contributed by atoms with Crippen LogP contribution in [0.4, 0.5) is 13.2 Å². The van der Waals surface area contributed by atoms with Crippen LogP contribution in [0, 0.1) is 0 Å². The molecule has 0 atom stereocenters. The molecule has 0 spiro atoms. The number of benzene rings is 2. The zero-order valence-electron chi connectivity index (χ0n) is 13.3. The van der Waals surface area contributed by atoms with E-state index in [1.54, 1.807) is 0 Å². The van der Waals surface area contributed by atoms with E-state index in [0.717, 1.165) is 0 Å². The Morgan fingerprint density at radius 2 is 1.78 bits per heavy atom. The molecule has 6 nitrogen and oxygen atoms in total. The Labute approximate surface area is 160 Å². The summed E-state index contributed by atoms with van der Waals surface area (Å²) in [6.45, 7) is -0.487.